The number of pyridine rings is 1. The van der Waals surface area contributed by atoms with Crippen molar-refractivity contribution in [3.63, 3.8) is 0 Å². The van der Waals surface area contributed by atoms with E-state index in [1.54, 1.807) is 0 Å². The number of hydrogen-bond donors (Lipinski definition) is 0. The fourth-order valence-electron chi connectivity index (χ4n) is 1.03. The highest BCUT2D eigenvalue weighted by Gasteiger charge is 2.39. The first-order valence-electron chi connectivity index (χ1n) is 5.47. The molecule has 0 aliphatic heterocycles. The second kappa shape index (κ2) is 4.56. The first-order valence-corrected chi connectivity index (χ1v) is 8.38. The topological polar surface area (TPSA) is 39.2 Å². The van der Waals surface area contributed by atoms with Crippen molar-refractivity contribution >= 4 is 14.6 Å². The maximum Gasteiger partial charge on any atom is 0.250 e. The summed E-state index contributed by atoms with van der Waals surface area (Å²) in [5.74, 6) is -0.303. The Labute approximate surface area is 102 Å². The first kappa shape index (κ1) is 13.8. The van der Waals surface area contributed by atoms with Crippen molar-refractivity contribution in [3.8, 4) is 5.75 Å². The monoisotopic (exact) mass is 255 g/mol. The SMILES string of the molecule is CC(C)(C)[Si](C)(C)Oc1cnc(F)c(C=O)c1. The maximum atomic E-state index is 13.1. The van der Waals surface area contributed by atoms with E-state index < -0.39 is 14.3 Å². The quantitative estimate of drug-likeness (QED) is 0.472. The molecule has 1 rings (SSSR count). The van der Waals surface area contributed by atoms with E-state index in [2.05, 4.69) is 38.8 Å². The van der Waals surface area contributed by atoms with Gasteiger partial charge in [-0.1, -0.05) is 20.8 Å². The molecule has 94 valence electrons. The second-order valence-corrected chi connectivity index (χ2v) is 10.3. The van der Waals surface area contributed by atoms with E-state index in [4.69, 9.17) is 4.43 Å². The zero-order valence-corrected chi connectivity index (χ0v) is 11.9. The van der Waals surface area contributed by atoms with Gasteiger partial charge in [0.15, 0.2) is 6.29 Å². The van der Waals surface area contributed by atoms with Gasteiger partial charge < -0.3 is 4.43 Å². The van der Waals surface area contributed by atoms with Crippen molar-refractivity contribution < 1.29 is 13.6 Å². The molecule has 0 amide bonds. The number of aromatic nitrogens is 1. The summed E-state index contributed by atoms with van der Waals surface area (Å²) in [5, 5.41) is 0.0444. The molecule has 17 heavy (non-hydrogen) atoms. The Morgan fingerprint density at radius 3 is 2.47 bits per heavy atom. The highest BCUT2D eigenvalue weighted by molar-refractivity contribution is 6.74. The molecule has 0 aromatic carbocycles. The molecular formula is C12H18FNO2Si. The van der Waals surface area contributed by atoms with Gasteiger partial charge >= 0.3 is 0 Å². The van der Waals surface area contributed by atoms with Crippen LogP contribution in [-0.2, 0) is 0 Å². The lowest BCUT2D eigenvalue weighted by Crippen LogP contribution is -2.43. The number of rotatable bonds is 3. The molecule has 0 fully saturated rings. The number of carbonyl (C=O) groups excluding carboxylic acids is 1. The van der Waals surface area contributed by atoms with Gasteiger partial charge in [-0.2, -0.15) is 4.39 Å². The van der Waals surface area contributed by atoms with Crippen LogP contribution in [0.1, 0.15) is 31.1 Å². The van der Waals surface area contributed by atoms with Gasteiger partial charge in [-0.3, -0.25) is 4.79 Å². The van der Waals surface area contributed by atoms with Crippen molar-refractivity contribution in [1.82, 2.24) is 4.98 Å². The summed E-state index contributed by atoms with van der Waals surface area (Å²) in [4.78, 5) is 14.1. The van der Waals surface area contributed by atoms with Gasteiger partial charge in [0, 0.05) is 0 Å². The third-order valence-corrected chi connectivity index (χ3v) is 7.51. The smallest absolute Gasteiger partial charge is 0.250 e. The van der Waals surface area contributed by atoms with Gasteiger partial charge in [0.05, 0.1) is 11.8 Å². The lowest BCUT2D eigenvalue weighted by Gasteiger charge is -2.36. The van der Waals surface area contributed by atoms with Crippen molar-refractivity contribution in [2.75, 3.05) is 0 Å². The number of aldehydes is 1. The lowest BCUT2D eigenvalue weighted by molar-refractivity contribution is 0.111. The lowest BCUT2D eigenvalue weighted by atomic mass is 10.2. The summed E-state index contributed by atoms with van der Waals surface area (Å²) < 4.78 is 19.0. The van der Waals surface area contributed by atoms with Gasteiger partial charge in [0.2, 0.25) is 5.95 Å². The van der Waals surface area contributed by atoms with Crippen LogP contribution in [0.4, 0.5) is 4.39 Å². The summed E-state index contributed by atoms with van der Waals surface area (Å²) in [7, 11) is -1.98. The molecule has 3 nitrogen and oxygen atoms in total. The van der Waals surface area contributed by atoms with E-state index in [1.807, 2.05) is 0 Å². The van der Waals surface area contributed by atoms with Crippen molar-refractivity contribution in [2.45, 2.75) is 38.9 Å². The Hall–Kier alpha value is -1.23. The highest BCUT2D eigenvalue weighted by atomic mass is 28.4. The zero-order valence-electron chi connectivity index (χ0n) is 10.9. The Kier molecular flexibility index (Phi) is 3.71. The maximum absolute atomic E-state index is 13.1. The minimum atomic E-state index is -1.98. The van der Waals surface area contributed by atoms with Crippen LogP contribution in [0.3, 0.4) is 0 Å². The molecule has 1 heterocycles. The summed E-state index contributed by atoms with van der Waals surface area (Å²) >= 11 is 0. The molecule has 5 heteroatoms. The molecule has 1 aromatic rings. The highest BCUT2D eigenvalue weighted by Crippen LogP contribution is 2.37. The number of carbonyl (C=O) groups is 1. The van der Waals surface area contributed by atoms with E-state index in [9.17, 15) is 9.18 Å². The largest absolute Gasteiger partial charge is 0.542 e. The zero-order chi connectivity index (χ0) is 13.3. The Bertz CT molecular complexity index is 427. The molecule has 0 atom stereocenters. The standard InChI is InChI=1S/C12H18FNO2Si/c1-12(2,3)17(4,5)16-10-6-9(8-15)11(13)14-7-10/h6-8H,1-5H3. The molecule has 0 saturated carbocycles. The average Bonchev–Trinajstić information content (AvgIpc) is 2.19. The number of nitrogens with zero attached hydrogens (tertiary/aromatic N) is 1. The van der Waals surface area contributed by atoms with Gasteiger partial charge in [-0.25, -0.2) is 4.98 Å². The van der Waals surface area contributed by atoms with E-state index in [1.165, 1.54) is 12.3 Å². The van der Waals surface area contributed by atoms with Crippen LogP contribution >= 0.6 is 0 Å². The summed E-state index contributed by atoms with van der Waals surface area (Å²) in [6.07, 6.45) is 1.77. The summed E-state index contributed by atoms with van der Waals surface area (Å²) in [6, 6.07) is 1.40. The Morgan fingerprint density at radius 2 is 2.00 bits per heavy atom. The van der Waals surface area contributed by atoms with Crippen molar-refractivity contribution in [1.29, 1.82) is 0 Å². The summed E-state index contributed by atoms with van der Waals surface area (Å²) in [6.45, 7) is 10.5. The van der Waals surface area contributed by atoms with Crippen LogP contribution in [0, 0.1) is 5.95 Å². The predicted octanol–water partition coefficient (Wildman–Crippen LogP) is 3.42. The molecule has 0 saturated heterocycles. The molecule has 0 spiro atoms. The molecule has 0 unspecified atom stereocenters. The van der Waals surface area contributed by atoms with Crippen LogP contribution in [0.25, 0.3) is 0 Å². The fraction of sp³-hybridized carbons (Fsp3) is 0.500. The minimum Gasteiger partial charge on any atom is -0.542 e. The normalized spacial score (nSPS) is 12.4. The minimum absolute atomic E-state index is 0.0444. The van der Waals surface area contributed by atoms with E-state index >= 15 is 0 Å². The molecule has 0 aliphatic carbocycles. The Balaban J connectivity index is 3.00. The van der Waals surface area contributed by atoms with Gasteiger partial charge in [0.25, 0.3) is 8.32 Å². The van der Waals surface area contributed by atoms with Crippen molar-refractivity contribution in [2.24, 2.45) is 0 Å². The summed E-state index contributed by atoms with van der Waals surface area (Å²) in [5.41, 5.74) is -0.0683. The third kappa shape index (κ3) is 3.12. The number of halogens is 1. The molecule has 1 aromatic heterocycles. The van der Waals surface area contributed by atoms with Crippen LogP contribution < -0.4 is 4.43 Å². The molecular weight excluding hydrogens is 237 g/mol. The second-order valence-electron chi connectivity index (χ2n) is 5.53. The van der Waals surface area contributed by atoms with E-state index in [0.717, 1.165) is 0 Å². The molecule has 0 N–H and O–H groups in total. The van der Waals surface area contributed by atoms with Crippen LogP contribution in [0.5, 0.6) is 5.75 Å². The fourth-order valence-corrected chi connectivity index (χ4v) is 2.04. The van der Waals surface area contributed by atoms with Crippen LogP contribution in [0.2, 0.25) is 18.1 Å². The van der Waals surface area contributed by atoms with Crippen molar-refractivity contribution in [3.05, 3.63) is 23.8 Å². The molecule has 0 radical (unpaired) electrons. The number of hydrogen-bond acceptors (Lipinski definition) is 3. The average molecular weight is 255 g/mol. The van der Waals surface area contributed by atoms with E-state index in [-0.39, 0.29) is 10.6 Å². The van der Waals surface area contributed by atoms with E-state index in [0.29, 0.717) is 12.0 Å². The van der Waals surface area contributed by atoms with Gasteiger partial charge in [-0.05, 0) is 24.2 Å². The molecule has 0 aliphatic rings. The van der Waals surface area contributed by atoms with Gasteiger partial charge in [0.1, 0.15) is 5.75 Å². The molecule has 0 bridgehead atoms. The van der Waals surface area contributed by atoms with Crippen LogP contribution in [0.15, 0.2) is 12.3 Å². The third-order valence-electron chi connectivity index (χ3n) is 3.15. The first-order chi connectivity index (χ1) is 7.67. The predicted molar refractivity (Wildman–Crippen MR) is 67.4 cm³/mol. The Morgan fingerprint density at radius 1 is 1.41 bits per heavy atom. The van der Waals surface area contributed by atoms with Crippen LogP contribution in [-0.4, -0.2) is 19.6 Å². The van der Waals surface area contributed by atoms with Gasteiger partial charge in [-0.15, -0.1) is 0 Å².